The molecule has 0 unspecified atom stereocenters. The molecule has 1 heterocycles. The topological polar surface area (TPSA) is 80.2 Å². The average Bonchev–Trinajstić information content (AvgIpc) is 2.99. The van der Waals surface area contributed by atoms with Gasteiger partial charge in [-0.3, -0.25) is 19.0 Å². The Hall–Kier alpha value is -3.19. The standard InChI is InChI=1S/C20H19N3O3S/c1-14-13-27-20(26)23(14)12-18(24)22-17-9-7-16(8-10-17)19(25)21-11-15-5-3-2-4-6-15/h2-10,13H,11-12H2,1H3,(H,21,25)(H,22,24). The second kappa shape index (κ2) is 8.46. The van der Waals surface area contributed by atoms with Crippen molar-refractivity contribution in [3.05, 3.63) is 86.5 Å². The van der Waals surface area contributed by atoms with Gasteiger partial charge in [-0.25, -0.2) is 0 Å². The van der Waals surface area contributed by atoms with E-state index >= 15 is 0 Å². The Morgan fingerprint density at radius 2 is 1.74 bits per heavy atom. The van der Waals surface area contributed by atoms with Crippen molar-refractivity contribution in [1.82, 2.24) is 9.88 Å². The number of carbonyl (C=O) groups excluding carboxylic acids is 2. The van der Waals surface area contributed by atoms with Gasteiger partial charge in [-0.15, -0.1) is 0 Å². The van der Waals surface area contributed by atoms with Crippen LogP contribution in [0.4, 0.5) is 5.69 Å². The molecule has 0 fully saturated rings. The van der Waals surface area contributed by atoms with Crippen LogP contribution in [0.3, 0.4) is 0 Å². The smallest absolute Gasteiger partial charge is 0.307 e. The summed E-state index contributed by atoms with van der Waals surface area (Å²) in [6.45, 7) is 2.20. The molecule has 0 atom stereocenters. The van der Waals surface area contributed by atoms with Gasteiger partial charge in [0, 0.05) is 28.9 Å². The van der Waals surface area contributed by atoms with Gasteiger partial charge in [-0.05, 0) is 36.8 Å². The molecule has 0 aliphatic rings. The zero-order valence-corrected chi connectivity index (χ0v) is 15.6. The Labute approximate surface area is 160 Å². The molecule has 0 saturated heterocycles. The van der Waals surface area contributed by atoms with Crippen molar-refractivity contribution in [3.8, 4) is 0 Å². The lowest BCUT2D eigenvalue weighted by molar-refractivity contribution is -0.116. The molecule has 6 nitrogen and oxygen atoms in total. The number of aryl methyl sites for hydroxylation is 1. The first-order valence-electron chi connectivity index (χ1n) is 8.40. The van der Waals surface area contributed by atoms with Gasteiger partial charge in [-0.1, -0.05) is 41.7 Å². The summed E-state index contributed by atoms with van der Waals surface area (Å²) in [5.74, 6) is -0.475. The fourth-order valence-corrected chi connectivity index (χ4v) is 3.26. The van der Waals surface area contributed by atoms with E-state index < -0.39 is 0 Å². The molecule has 3 rings (SSSR count). The van der Waals surface area contributed by atoms with Crippen molar-refractivity contribution in [2.75, 3.05) is 5.32 Å². The summed E-state index contributed by atoms with van der Waals surface area (Å²) in [5, 5.41) is 7.31. The number of nitrogens with one attached hydrogen (secondary N) is 2. The number of anilines is 1. The summed E-state index contributed by atoms with van der Waals surface area (Å²) in [5.41, 5.74) is 2.86. The first-order valence-corrected chi connectivity index (χ1v) is 9.28. The zero-order valence-electron chi connectivity index (χ0n) is 14.8. The van der Waals surface area contributed by atoms with Crippen LogP contribution in [-0.2, 0) is 17.9 Å². The molecule has 1 aromatic heterocycles. The van der Waals surface area contributed by atoms with Gasteiger partial charge in [0.2, 0.25) is 5.91 Å². The van der Waals surface area contributed by atoms with E-state index in [2.05, 4.69) is 10.6 Å². The monoisotopic (exact) mass is 381 g/mol. The van der Waals surface area contributed by atoms with Gasteiger partial charge in [0.15, 0.2) is 0 Å². The minimum absolute atomic E-state index is 0.0342. The van der Waals surface area contributed by atoms with E-state index in [-0.39, 0.29) is 23.2 Å². The van der Waals surface area contributed by atoms with Crippen LogP contribution < -0.4 is 15.5 Å². The Bertz CT molecular complexity index is 991. The molecule has 2 N–H and O–H groups in total. The average molecular weight is 381 g/mol. The van der Waals surface area contributed by atoms with E-state index in [0.717, 1.165) is 22.6 Å². The highest BCUT2D eigenvalue weighted by atomic mass is 32.1. The molecule has 3 aromatic rings. The number of rotatable bonds is 6. The summed E-state index contributed by atoms with van der Waals surface area (Å²) in [6.07, 6.45) is 0. The van der Waals surface area contributed by atoms with Crippen LogP contribution in [0.25, 0.3) is 0 Å². The van der Waals surface area contributed by atoms with Gasteiger partial charge >= 0.3 is 4.87 Å². The molecule has 0 radical (unpaired) electrons. The number of hydrogen-bond acceptors (Lipinski definition) is 4. The fraction of sp³-hybridized carbons (Fsp3) is 0.150. The Morgan fingerprint density at radius 3 is 2.37 bits per heavy atom. The Kier molecular flexibility index (Phi) is 5.83. The number of amides is 2. The number of hydrogen-bond donors (Lipinski definition) is 2. The highest BCUT2D eigenvalue weighted by molar-refractivity contribution is 7.07. The number of nitrogens with zero attached hydrogens (tertiary/aromatic N) is 1. The van der Waals surface area contributed by atoms with Crippen LogP contribution in [0.5, 0.6) is 0 Å². The molecule has 2 aromatic carbocycles. The second-order valence-corrected chi connectivity index (χ2v) is 6.84. The van der Waals surface area contributed by atoms with Gasteiger partial charge in [0.1, 0.15) is 6.54 Å². The first kappa shape index (κ1) is 18.6. The number of carbonyl (C=O) groups is 2. The normalized spacial score (nSPS) is 10.4. The maximum Gasteiger partial charge on any atom is 0.307 e. The third-order valence-electron chi connectivity index (χ3n) is 4.00. The van der Waals surface area contributed by atoms with E-state index in [9.17, 15) is 14.4 Å². The quantitative estimate of drug-likeness (QED) is 0.689. The van der Waals surface area contributed by atoms with Crippen LogP contribution in [0.1, 0.15) is 21.6 Å². The second-order valence-electron chi connectivity index (χ2n) is 6.02. The third kappa shape index (κ3) is 4.92. The van der Waals surface area contributed by atoms with Crippen LogP contribution >= 0.6 is 11.3 Å². The predicted octanol–water partition coefficient (Wildman–Crippen LogP) is 2.79. The van der Waals surface area contributed by atoms with E-state index in [1.54, 1.807) is 36.6 Å². The number of aromatic nitrogens is 1. The van der Waals surface area contributed by atoms with E-state index in [1.807, 2.05) is 30.3 Å². The molecular weight excluding hydrogens is 362 g/mol. The van der Waals surface area contributed by atoms with Crippen molar-refractivity contribution in [3.63, 3.8) is 0 Å². The first-order chi connectivity index (χ1) is 13.0. The summed E-state index contributed by atoms with van der Waals surface area (Å²) in [4.78, 5) is 35.8. The maximum atomic E-state index is 12.2. The molecule has 0 bridgehead atoms. The molecule has 0 aliphatic carbocycles. The lowest BCUT2D eigenvalue weighted by atomic mass is 10.1. The molecule has 0 aliphatic heterocycles. The summed E-state index contributed by atoms with van der Waals surface area (Å²) in [6, 6.07) is 16.3. The highest BCUT2D eigenvalue weighted by Gasteiger charge is 2.10. The molecule has 0 spiro atoms. The van der Waals surface area contributed by atoms with Crippen molar-refractivity contribution in [2.45, 2.75) is 20.0 Å². The lowest BCUT2D eigenvalue weighted by Crippen LogP contribution is -2.25. The lowest BCUT2D eigenvalue weighted by Gasteiger charge is -2.08. The van der Waals surface area contributed by atoms with E-state index in [4.69, 9.17) is 0 Å². The largest absolute Gasteiger partial charge is 0.348 e. The third-order valence-corrected chi connectivity index (χ3v) is 4.89. The van der Waals surface area contributed by atoms with Crippen molar-refractivity contribution < 1.29 is 9.59 Å². The van der Waals surface area contributed by atoms with Crippen LogP contribution in [0.15, 0.2) is 64.8 Å². The number of thiazole rings is 1. The maximum absolute atomic E-state index is 12.2. The molecule has 27 heavy (non-hydrogen) atoms. The molecule has 138 valence electrons. The summed E-state index contributed by atoms with van der Waals surface area (Å²) in [7, 11) is 0. The van der Waals surface area contributed by atoms with E-state index in [1.165, 1.54) is 4.57 Å². The minimum Gasteiger partial charge on any atom is -0.348 e. The molecule has 0 saturated carbocycles. The van der Waals surface area contributed by atoms with Crippen molar-refractivity contribution >= 4 is 28.8 Å². The summed E-state index contributed by atoms with van der Waals surface area (Å²) >= 11 is 1.07. The van der Waals surface area contributed by atoms with Gasteiger partial charge < -0.3 is 10.6 Å². The van der Waals surface area contributed by atoms with Gasteiger partial charge in [-0.2, -0.15) is 0 Å². The van der Waals surface area contributed by atoms with Crippen LogP contribution in [0, 0.1) is 6.92 Å². The minimum atomic E-state index is -0.292. The SMILES string of the molecule is Cc1csc(=O)n1CC(=O)Nc1ccc(C(=O)NCc2ccccc2)cc1. The number of benzene rings is 2. The van der Waals surface area contributed by atoms with Crippen molar-refractivity contribution in [1.29, 1.82) is 0 Å². The molecule has 2 amide bonds. The van der Waals surface area contributed by atoms with E-state index in [0.29, 0.717) is 17.8 Å². The predicted molar refractivity (Wildman–Crippen MR) is 106 cm³/mol. The fourth-order valence-electron chi connectivity index (χ4n) is 2.53. The van der Waals surface area contributed by atoms with Crippen LogP contribution in [0.2, 0.25) is 0 Å². The molecule has 7 heteroatoms. The van der Waals surface area contributed by atoms with Crippen LogP contribution in [-0.4, -0.2) is 16.4 Å². The summed E-state index contributed by atoms with van der Waals surface area (Å²) < 4.78 is 1.42. The zero-order chi connectivity index (χ0) is 19.2. The van der Waals surface area contributed by atoms with Gasteiger partial charge in [0.05, 0.1) is 0 Å². The van der Waals surface area contributed by atoms with Gasteiger partial charge in [0.25, 0.3) is 5.91 Å². The Morgan fingerprint density at radius 1 is 1.04 bits per heavy atom. The Balaban J connectivity index is 1.55. The highest BCUT2D eigenvalue weighted by Crippen LogP contribution is 2.10. The van der Waals surface area contributed by atoms with Crippen molar-refractivity contribution in [2.24, 2.45) is 0 Å². The molecular formula is C20H19N3O3S.